The molecule has 0 aliphatic rings. The first-order valence-electron chi connectivity index (χ1n) is 5.83. The molecule has 2 heterocycles. The van der Waals surface area contributed by atoms with Crippen LogP contribution in [0.1, 0.15) is 5.56 Å². The molecule has 0 saturated carbocycles. The molecular formula is C15H11N3O. The van der Waals surface area contributed by atoms with E-state index in [4.69, 9.17) is 10.00 Å². The molecule has 3 rings (SSSR count). The highest BCUT2D eigenvalue weighted by atomic mass is 16.5. The fourth-order valence-corrected chi connectivity index (χ4v) is 2.12. The Morgan fingerprint density at radius 2 is 2.00 bits per heavy atom. The van der Waals surface area contributed by atoms with Gasteiger partial charge >= 0.3 is 0 Å². The minimum atomic E-state index is 0.624. The summed E-state index contributed by atoms with van der Waals surface area (Å²) >= 11 is 0. The van der Waals surface area contributed by atoms with Crippen LogP contribution in [0.4, 0.5) is 0 Å². The van der Waals surface area contributed by atoms with Gasteiger partial charge in [0.05, 0.1) is 18.2 Å². The molecule has 3 aromatic rings. The number of hydrogen-bond acceptors (Lipinski definition) is 3. The van der Waals surface area contributed by atoms with E-state index in [1.807, 2.05) is 41.1 Å². The predicted octanol–water partition coefficient (Wildman–Crippen LogP) is 2.91. The van der Waals surface area contributed by atoms with Gasteiger partial charge in [0.15, 0.2) is 0 Å². The number of rotatable bonds is 2. The second-order valence-electron chi connectivity index (χ2n) is 4.12. The van der Waals surface area contributed by atoms with Crippen LogP contribution in [0.3, 0.4) is 0 Å². The Morgan fingerprint density at radius 3 is 2.68 bits per heavy atom. The maximum absolute atomic E-state index is 9.17. The van der Waals surface area contributed by atoms with E-state index in [-0.39, 0.29) is 0 Å². The van der Waals surface area contributed by atoms with Crippen molar-refractivity contribution >= 4 is 10.9 Å². The predicted molar refractivity (Wildman–Crippen MR) is 72.3 cm³/mol. The van der Waals surface area contributed by atoms with Crippen molar-refractivity contribution in [3.63, 3.8) is 0 Å². The molecule has 0 fully saturated rings. The summed E-state index contributed by atoms with van der Waals surface area (Å²) in [5, 5.41) is 10.0. The van der Waals surface area contributed by atoms with E-state index >= 15 is 0 Å². The summed E-state index contributed by atoms with van der Waals surface area (Å²) in [6.45, 7) is 0. The summed E-state index contributed by atoms with van der Waals surface area (Å²) in [6.07, 6.45) is 5.27. The van der Waals surface area contributed by atoms with Crippen LogP contribution in [0.5, 0.6) is 5.75 Å². The van der Waals surface area contributed by atoms with Gasteiger partial charge in [-0.3, -0.25) is 4.98 Å². The fourth-order valence-electron chi connectivity index (χ4n) is 2.12. The number of fused-ring (bicyclic) bond motifs is 1. The molecule has 0 amide bonds. The second-order valence-corrected chi connectivity index (χ2v) is 4.12. The smallest absolute Gasteiger partial charge is 0.119 e. The Bertz CT molecular complexity index is 766. The minimum Gasteiger partial charge on any atom is -0.497 e. The van der Waals surface area contributed by atoms with E-state index < -0.39 is 0 Å². The Morgan fingerprint density at radius 1 is 1.21 bits per heavy atom. The maximum atomic E-state index is 9.17. The van der Waals surface area contributed by atoms with Gasteiger partial charge in [-0.2, -0.15) is 5.26 Å². The zero-order valence-electron chi connectivity index (χ0n) is 10.4. The van der Waals surface area contributed by atoms with Crippen molar-refractivity contribution in [1.29, 1.82) is 5.26 Å². The Balaban J connectivity index is 2.22. The molecule has 0 spiro atoms. The first-order chi connectivity index (χ1) is 9.33. The largest absolute Gasteiger partial charge is 0.497 e. The van der Waals surface area contributed by atoms with Crippen LogP contribution < -0.4 is 4.74 Å². The van der Waals surface area contributed by atoms with Crippen molar-refractivity contribution in [1.82, 2.24) is 9.55 Å². The average Bonchev–Trinajstić information content (AvgIpc) is 2.86. The fraction of sp³-hybridized carbons (Fsp3) is 0.0667. The molecule has 0 radical (unpaired) electrons. The van der Waals surface area contributed by atoms with E-state index in [0.717, 1.165) is 22.3 Å². The number of methoxy groups -OCH3 is 1. The van der Waals surface area contributed by atoms with Crippen molar-refractivity contribution in [3.05, 3.63) is 54.5 Å². The van der Waals surface area contributed by atoms with Gasteiger partial charge in [-0.25, -0.2) is 0 Å². The molecule has 4 nitrogen and oxygen atoms in total. The third-order valence-corrected chi connectivity index (χ3v) is 3.08. The molecule has 0 atom stereocenters. The third kappa shape index (κ3) is 1.81. The Labute approximate surface area is 110 Å². The van der Waals surface area contributed by atoms with Crippen molar-refractivity contribution in [3.8, 4) is 17.5 Å². The van der Waals surface area contributed by atoms with E-state index in [2.05, 4.69) is 11.1 Å². The lowest BCUT2D eigenvalue weighted by Crippen LogP contribution is -1.92. The molecule has 2 aromatic heterocycles. The van der Waals surface area contributed by atoms with Gasteiger partial charge in [0, 0.05) is 29.7 Å². The molecule has 0 N–H and O–H groups in total. The SMILES string of the molecule is COc1ccc(-n2cc(C#N)c3cnccc32)cc1. The second kappa shape index (κ2) is 4.46. The zero-order chi connectivity index (χ0) is 13.2. The summed E-state index contributed by atoms with van der Waals surface area (Å²) in [6, 6.07) is 11.8. The van der Waals surface area contributed by atoms with Crippen LogP contribution in [0.2, 0.25) is 0 Å². The summed E-state index contributed by atoms with van der Waals surface area (Å²) in [4.78, 5) is 4.07. The highest BCUT2D eigenvalue weighted by Crippen LogP contribution is 2.24. The van der Waals surface area contributed by atoms with Gasteiger partial charge in [-0.15, -0.1) is 0 Å². The number of benzene rings is 1. The van der Waals surface area contributed by atoms with E-state index in [9.17, 15) is 0 Å². The number of aromatic nitrogens is 2. The summed E-state index contributed by atoms with van der Waals surface area (Å²) in [5.74, 6) is 0.808. The van der Waals surface area contributed by atoms with Gasteiger partial charge in [0.1, 0.15) is 11.8 Å². The highest BCUT2D eigenvalue weighted by Gasteiger charge is 2.09. The van der Waals surface area contributed by atoms with Gasteiger partial charge in [-0.05, 0) is 30.3 Å². The van der Waals surface area contributed by atoms with E-state index in [1.54, 1.807) is 19.5 Å². The van der Waals surface area contributed by atoms with Gasteiger partial charge in [-0.1, -0.05) is 0 Å². The molecular weight excluding hydrogens is 238 g/mol. The van der Waals surface area contributed by atoms with Gasteiger partial charge in [0.2, 0.25) is 0 Å². The van der Waals surface area contributed by atoms with Crippen LogP contribution >= 0.6 is 0 Å². The molecule has 0 bridgehead atoms. The lowest BCUT2D eigenvalue weighted by molar-refractivity contribution is 0.415. The Kier molecular flexibility index (Phi) is 2.66. The van der Waals surface area contributed by atoms with Crippen molar-refractivity contribution in [2.75, 3.05) is 7.11 Å². The van der Waals surface area contributed by atoms with Gasteiger partial charge in [0.25, 0.3) is 0 Å². The topological polar surface area (TPSA) is 50.8 Å². The maximum Gasteiger partial charge on any atom is 0.119 e. The normalized spacial score (nSPS) is 10.3. The number of pyridine rings is 1. The molecule has 0 unspecified atom stereocenters. The van der Waals surface area contributed by atoms with E-state index in [1.165, 1.54) is 0 Å². The van der Waals surface area contributed by atoms with Crippen LogP contribution in [0.15, 0.2) is 48.9 Å². The zero-order valence-corrected chi connectivity index (χ0v) is 10.4. The summed E-state index contributed by atoms with van der Waals surface area (Å²) in [5.41, 5.74) is 2.58. The third-order valence-electron chi connectivity index (χ3n) is 3.08. The molecule has 19 heavy (non-hydrogen) atoms. The molecule has 1 aromatic carbocycles. The minimum absolute atomic E-state index is 0.624. The molecule has 92 valence electrons. The van der Waals surface area contributed by atoms with Crippen molar-refractivity contribution < 1.29 is 4.74 Å². The van der Waals surface area contributed by atoms with Crippen molar-refractivity contribution in [2.24, 2.45) is 0 Å². The molecule has 0 saturated heterocycles. The Hall–Kier alpha value is -2.80. The number of ether oxygens (including phenoxy) is 1. The number of hydrogen-bond donors (Lipinski definition) is 0. The van der Waals surface area contributed by atoms with Crippen LogP contribution in [-0.4, -0.2) is 16.7 Å². The molecule has 0 aliphatic carbocycles. The number of nitrogens with zero attached hydrogens (tertiary/aromatic N) is 3. The number of nitriles is 1. The average molecular weight is 249 g/mol. The van der Waals surface area contributed by atoms with E-state index in [0.29, 0.717) is 5.56 Å². The monoisotopic (exact) mass is 249 g/mol. The first kappa shape index (κ1) is 11.3. The quantitative estimate of drug-likeness (QED) is 0.701. The van der Waals surface area contributed by atoms with Crippen molar-refractivity contribution in [2.45, 2.75) is 0 Å². The summed E-state index contributed by atoms with van der Waals surface area (Å²) in [7, 11) is 1.64. The lowest BCUT2D eigenvalue weighted by Gasteiger charge is -2.06. The lowest BCUT2D eigenvalue weighted by atomic mass is 10.2. The van der Waals surface area contributed by atoms with Crippen LogP contribution in [0, 0.1) is 11.3 Å². The highest BCUT2D eigenvalue weighted by molar-refractivity contribution is 5.87. The van der Waals surface area contributed by atoms with Crippen LogP contribution in [-0.2, 0) is 0 Å². The van der Waals surface area contributed by atoms with Crippen LogP contribution in [0.25, 0.3) is 16.6 Å². The first-order valence-corrected chi connectivity index (χ1v) is 5.83. The molecule has 4 heteroatoms. The van der Waals surface area contributed by atoms with Gasteiger partial charge < -0.3 is 9.30 Å². The molecule has 0 aliphatic heterocycles. The standard InChI is InChI=1S/C15H11N3O/c1-19-13-4-2-12(3-5-13)18-10-11(8-16)14-9-17-7-6-15(14)18/h2-7,9-10H,1H3. The summed E-state index contributed by atoms with van der Waals surface area (Å²) < 4.78 is 7.13.